The third kappa shape index (κ3) is 5.28. The van der Waals surface area contributed by atoms with Crippen LogP contribution in [0, 0.1) is 0 Å². The van der Waals surface area contributed by atoms with Crippen molar-refractivity contribution in [3.05, 3.63) is 71.8 Å². The van der Waals surface area contributed by atoms with E-state index in [1.807, 2.05) is 0 Å². The van der Waals surface area contributed by atoms with E-state index in [2.05, 4.69) is 72.5 Å². The topological polar surface area (TPSA) is 23.5 Å². The third-order valence-electron chi connectivity index (χ3n) is 4.06. The van der Waals surface area contributed by atoms with Crippen molar-refractivity contribution >= 4 is 0 Å². The lowest BCUT2D eigenvalue weighted by Gasteiger charge is -2.31. The molecule has 0 aliphatic heterocycles. The third-order valence-corrected chi connectivity index (χ3v) is 4.06. The zero-order valence-corrected chi connectivity index (χ0v) is 13.5. The van der Waals surface area contributed by atoms with Gasteiger partial charge in [0.25, 0.3) is 0 Å². The summed E-state index contributed by atoms with van der Waals surface area (Å²) >= 11 is 0. The maximum absolute atomic E-state index is 9.42. The molecule has 0 saturated carbocycles. The second-order valence-electron chi connectivity index (χ2n) is 5.83. The van der Waals surface area contributed by atoms with Crippen molar-refractivity contribution in [2.75, 3.05) is 6.61 Å². The van der Waals surface area contributed by atoms with Gasteiger partial charge in [-0.2, -0.15) is 0 Å². The van der Waals surface area contributed by atoms with Crippen LogP contribution in [0.3, 0.4) is 0 Å². The lowest BCUT2D eigenvalue weighted by Crippen LogP contribution is -2.35. The predicted molar refractivity (Wildman–Crippen MR) is 92.5 cm³/mol. The first-order chi connectivity index (χ1) is 10.8. The Bertz CT molecular complexity index is 464. The maximum Gasteiger partial charge on any atom is 0.0445 e. The van der Waals surface area contributed by atoms with E-state index in [9.17, 15) is 5.11 Å². The maximum atomic E-state index is 9.42. The van der Waals surface area contributed by atoms with Crippen molar-refractivity contribution in [2.45, 2.75) is 45.3 Å². The average Bonchev–Trinajstić information content (AvgIpc) is 2.56. The smallest absolute Gasteiger partial charge is 0.0445 e. The zero-order valence-electron chi connectivity index (χ0n) is 13.5. The molecule has 0 aliphatic carbocycles. The normalized spacial score (nSPS) is 12.5. The molecular weight excluding hydrogens is 270 g/mol. The van der Waals surface area contributed by atoms with Crippen LogP contribution in [0.4, 0.5) is 0 Å². The second-order valence-corrected chi connectivity index (χ2v) is 5.83. The van der Waals surface area contributed by atoms with E-state index in [4.69, 9.17) is 0 Å². The molecule has 0 amide bonds. The monoisotopic (exact) mass is 297 g/mol. The SMILES string of the molecule is CCC[C@H](CCO)N(Cc1ccccc1)Cc1ccccc1. The molecule has 2 rings (SSSR count). The van der Waals surface area contributed by atoms with Crippen LogP contribution in [0.15, 0.2) is 60.7 Å². The molecule has 0 aliphatic rings. The lowest BCUT2D eigenvalue weighted by atomic mass is 10.0. The first kappa shape index (κ1) is 16.7. The Labute approximate surface area is 134 Å². The standard InChI is InChI=1S/C20H27NO/c1-2-9-20(14-15-22)21(16-18-10-5-3-6-11-18)17-19-12-7-4-8-13-19/h3-8,10-13,20,22H,2,9,14-17H2,1H3/t20-/m1/s1. The molecule has 2 heteroatoms. The fourth-order valence-electron chi connectivity index (χ4n) is 2.94. The first-order valence-corrected chi connectivity index (χ1v) is 8.26. The van der Waals surface area contributed by atoms with Crippen LogP contribution in [0.25, 0.3) is 0 Å². The highest BCUT2D eigenvalue weighted by Gasteiger charge is 2.18. The van der Waals surface area contributed by atoms with E-state index in [0.717, 1.165) is 32.4 Å². The Hall–Kier alpha value is -1.64. The largest absolute Gasteiger partial charge is 0.396 e. The summed E-state index contributed by atoms with van der Waals surface area (Å²) in [6, 6.07) is 21.6. The minimum atomic E-state index is 0.255. The van der Waals surface area contributed by atoms with Crippen LogP contribution in [0.5, 0.6) is 0 Å². The Morgan fingerprint density at radius 2 is 1.32 bits per heavy atom. The summed E-state index contributed by atoms with van der Waals surface area (Å²) in [7, 11) is 0. The molecular formula is C20H27NO. The van der Waals surface area contributed by atoms with Crippen LogP contribution in [0.1, 0.15) is 37.3 Å². The average molecular weight is 297 g/mol. The van der Waals surface area contributed by atoms with Gasteiger partial charge < -0.3 is 5.11 Å². The van der Waals surface area contributed by atoms with Crippen molar-refractivity contribution in [2.24, 2.45) is 0 Å². The molecule has 1 atom stereocenters. The number of aliphatic hydroxyl groups excluding tert-OH is 1. The van der Waals surface area contributed by atoms with E-state index in [1.165, 1.54) is 11.1 Å². The quantitative estimate of drug-likeness (QED) is 0.748. The van der Waals surface area contributed by atoms with Gasteiger partial charge in [0.05, 0.1) is 0 Å². The van der Waals surface area contributed by atoms with Crippen molar-refractivity contribution in [1.82, 2.24) is 4.90 Å². The summed E-state index contributed by atoms with van der Waals surface area (Å²) in [5.74, 6) is 0. The molecule has 0 radical (unpaired) electrons. The molecule has 2 aromatic carbocycles. The summed E-state index contributed by atoms with van der Waals surface area (Å²) in [6.07, 6.45) is 3.11. The number of hydrogen-bond donors (Lipinski definition) is 1. The molecule has 22 heavy (non-hydrogen) atoms. The number of benzene rings is 2. The van der Waals surface area contributed by atoms with Gasteiger partial charge in [0.15, 0.2) is 0 Å². The van der Waals surface area contributed by atoms with Gasteiger partial charge in [-0.15, -0.1) is 0 Å². The Morgan fingerprint density at radius 3 is 1.73 bits per heavy atom. The summed E-state index contributed by atoms with van der Waals surface area (Å²) in [4.78, 5) is 2.50. The second kappa shape index (κ2) is 9.39. The molecule has 2 nitrogen and oxygen atoms in total. The van der Waals surface area contributed by atoms with Gasteiger partial charge in [0.1, 0.15) is 0 Å². The number of rotatable bonds is 9. The van der Waals surface area contributed by atoms with Crippen LogP contribution in [-0.4, -0.2) is 22.7 Å². The van der Waals surface area contributed by atoms with Gasteiger partial charge in [0.2, 0.25) is 0 Å². The number of aliphatic hydroxyl groups is 1. The van der Waals surface area contributed by atoms with Crippen molar-refractivity contribution < 1.29 is 5.11 Å². The van der Waals surface area contributed by atoms with Crippen LogP contribution in [-0.2, 0) is 13.1 Å². The zero-order chi connectivity index (χ0) is 15.6. The van der Waals surface area contributed by atoms with Crippen LogP contribution in [0.2, 0.25) is 0 Å². The highest BCUT2D eigenvalue weighted by atomic mass is 16.3. The van der Waals surface area contributed by atoms with Gasteiger partial charge in [-0.1, -0.05) is 74.0 Å². The summed E-state index contributed by atoms with van der Waals surface area (Å²) < 4.78 is 0. The number of nitrogens with zero attached hydrogens (tertiary/aromatic N) is 1. The van der Waals surface area contributed by atoms with Crippen molar-refractivity contribution in [3.63, 3.8) is 0 Å². The van der Waals surface area contributed by atoms with E-state index in [0.29, 0.717) is 6.04 Å². The van der Waals surface area contributed by atoms with Gasteiger partial charge in [0, 0.05) is 25.7 Å². The predicted octanol–water partition coefficient (Wildman–Crippen LogP) is 4.24. The van der Waals surface area contributed by atoms with E-state index >= 15 is 0 Å². The number of hydrogen-bond acceptors (Lipinski definition) is 2. The summed E-state index contributed by atoms with van der Waals surface area (Å²) in [5.41, 5.74) is 2.66. The van der Waals surface area contributed by atoms with Gasteiger partial charge in [-0.25, -0.2) is 0 Å². The molecule has 2 aromatic rings. The van der Waals surface area contributed by atoms with E-state index in [-0.39, 0.29) is 6.61 Å². The fourth-order valence-corrected chi connectivity index (χ4v) is 2.94. The van der Waals surface area contributed by atoms with Crippen LogP contribution < -0.4 is 0 Å². The Morgan fingerprint density at radius 1 is 0.818 bits per heavy atom. The highest BCUT2D eigenvalue weighted by molar-refractivity contribution is 5.17. The van der Waals surface area contributed by atoms with Crippen molar-refractivity contribution in [3.8, 4) is 0 Å². The molecule has 118 valence electrons. The molecule has 0 unspecified atom stereocenters. The molecule has 0 bridgehead atoms. The Balaban J connectivity index is 2.14. The first-order valence-electron chi connectivity index (χ1n) is 8.26. The lowest BCUT2D eigenvalue weighted by molar-refractivity contribution is 0.134. The summed E-state index contributed by atoms with van der Waals surface area (Å²) in [6.45, 7) is 4.33. The van der Waals surface area contributed by atoms with E-state index < -0.39 is 0 Å². The highest BCUT2D eigenvalue weighted by Crippen LogP contribution is 2.18. The molecule has 0 fully saturated rings. The molecule has 0 spiro atoms. The van der Waals surface area contributed by atoms with Crippen molar-refractivity contribution in [1.29, 1.82) is 0 Å². The Kier molecular flexibility index (Phi) is 7.14. The minimum absolute atomic E-state index is 0.255. The van der Waals surface area contributed by atoms with Crippen LogP contribution >= 0.6 is 0 Å². The summed E-state index contributed by atoms with van der Waals surface area (Å²) in [5, 5.41) is 9.42. The fraction of sp³-hybridized carbons (Fsp3) is 0.400. The molecule has 0 saturated heterocycles. The van der Waals surface area contributed by atoms with Gasteiger partial charge in [-0.05, 0) is 24.0 Å². The van der Waals surface area contributed by atoms with E-state index in [1.54, 1.807) is 0 Å². The minimum Gasteiger partial charge on any atom is -0.396 e. The van der Waals surface area contributed by atoms with Gasteiger partial charge >= 0.3 is 0 Å². The molecule has 0 heterocycles. The molecule has 1 N–H and O–H groups in total. The van der Waals surface area contributed by atoms with Gasteiger partial charge in [-0.3, -0.25) is 4.90 Å². The molecule has 0 aromatic heterocycles.